The first kappa shape index (κ1) is 38.6. The van der Waals surface area contributed by atoms with E-state index in [2.05, 4.69) is 225 Å². The second kappa shape index (κ2) is 14.1. The minimum absolute atomic E-state index is 0.00501. The highest BCUT2D eigenvalue weighted by atomic mass is 15.0. The van der Waals surface area contributed by atoms with Crippen molar-refractivity contribution in [1.82, 2.24) is 4.57 Å². The van der Waals surface area contributed by atoms with E-state index in [1.54, 1.807) is 0 Å². The van der Waals surface area contributed by atoms with E-state index in [9.17, 15) is 0 Å². The highest BCUT2D eigenvalue weighted by Crippen LogP contribution is 2.47. The first-order chi connectivity index (χ1) is 28.1. The maximum Gasteiger partial charge on any atom is 0.0491 e. The van der Waals surface area contributed by atoms with E-state index in [-0.39, 0.29) is 16.2 Å². The van der Waals surface area contributed by atoms with Gasteiger partial charge in [-0.3, -0.25) is 0 Å². The zero-order valence-electron chi connectivity index (χ0n) is 36.6. The quantitative estimate of drug-likeness (QED) is 0.154. The van der Waals surface area contributed by atoms with Gasteiger partial charge in [-0.2, -0.15) is 0 Å². The van der Waals surface area contributed by atoms with E-state index in [1.807, 2.05) is 0 Å². The van der Waals surface area contributed by atoms with Crippen LogP contribution in [-0.2, 0) is 22.8 Å². The predicted molar refractivity (Wildman–Crippen MR) is 258 cm³/mol. The number of hydrogen-bond acceptors (Lipinski definition) is 0. The summed E-state index contributed by atoms with van der Waals surface area (Å²) in [5, 5.41) is 7.83. The molecule has 1 heteroatoms. The van der Waals surface area contributed by atoms with Crippen molar-refractivity contribution in [3.8, 4) is 44.5 Å². The Morgan fingerprint density at radius 2 is 0.678 bits per heavy atom. The zero-order chi connectivity index (χ0) is 41.4. The van der Waals surface area contributed by atoms with E-state index in [0.717, 1.165) is 6.54 Å². The van der Waals surface area contributed by atoms with Crippen LogP contribution in [0.25, 0.3) is 87.9 Å². The molecule has 1 heterocycles. The van der Waals surface area contributed by atoms with Gasteiger partial charge in [-0.15, -0.1) is 0 Å². The lowest BCUT2D eigenvalue weighted by atomic mass is 9.79. The van der Waals surface area contributed by atoms with Crippen molar-refractivity contribution in [2.75, 3.05) is 0 Å². The molecule has 59 heavy (non-hydrogen) atoms. The van der Waals surface area contributed by atoms with Gasteiger partial charge in [0.05, 0.1) is 0 Å². The second-order valence-electron chi connectivity index (χ2n) is 19.7. The summed E-state index contributed by atoms with van der Waals surface area (Å²) in [4.78, 5) is 0. The van der Waals surface area contributed by atoms with Crippen molar-refractivity contribution in [1.29, 1.82) is 0 Å². The Morgan fingerprint density at radius 1 is 0.322 bits per heavy atom. The SMILES string of the molecule is CCn1c2ccc(-c3ccc(-c4c5ccc(C(C)(C)C)cc5c(-c5ccc(-c6ccccc6)cc5)c5ccc(C(C)(C)C)cc45)cc3)cc2c2cc(C(C)(C)C)ccc21. The molecular formula is C58H57N. The Balaban J connectivity index is 1.25. The van der Waals surface area contributed by atoms with E-state index in [0.29, 0.717) is 0 Å². The van der Waals surface area contributed by atoms with Crippen molar-refractivity contribution >= 4 is 43.4 Å². The fourth-order valence-electron chi connectivity index (χ4n) is 9.16. The van der Waals surface area contributed by atoms with Gasteiger partial charge in [-0.25, -0.2) is 0 Å². The van der Waals surface area contributed by atoms with E-state index < -0.39 is 0 Å². The smallest absolute Gasteiger partial charge is 0.0491 e. The number of benzene rings is 8. The number of rotatable bonds is 5. The number of aryl methyl sites for hydroxylation is 1. The van der Waals surface area contributed by atoms with E-state index >= 15 is 0 Å². The van der Waals surface area contributed by atoms with Crippen LogP contribution in [0.4, 0.5) is 0 Å². The summed E-state index contributed by atoms with van der Waals surface area (Å²) in [5.41, 5.74) is 16.8. The molecule has 0 spiro atoms. The third-order valence-corrected chi connectivity index (χ3v) is 12.7. The van der Waals surface area contributed by atoms with Crippen molar-refractivity contribution in [3.63, 3.8) is 0 Å². The monoisotopic (exact) mass is 767 g/mol. The van der Waals surface area contributed by atoms with E-state index in [4.69, 9.17) is 0 Å². The average Bonchev–Trinajstić information content (AvgIpc) is 3.54. The summed E-state index contributed by atoms with van der Waals surface area (Å²) >= 11 is 0. The molecule has 9 aromatic rings. The normalized spacial score (nSPS) is 12.6. The van der Waals surface area contributed by atoms with Crippen LogP contribution in [-0.4, -0.2) is 4.57 Å². The molecule has 0 saturated carbocycles. The molecule has 0 radical (unpaired) electrons. The third kappa shape index (κ3) is 6.85. The first-order valence-corrected chi connectivity index (χ1v) is 21.5. The molecule has 0 unspecified atom stereocenters. The molecule has 8 aromatic carbocycles. The molecular weight excluding hydrogens is 711 g/mol. The molecule has 9 rings (SSSR count). The van der Waals surface area contributed by atoms with Crippen LogP contribution < -0.4 is 0 Å². The lowest BCUT2D eigenvalue weighted by molar-refractivity contribution is 0.590. The minimum atomic E-state index is 0.00501. The van der Waals surface area contributed by atoms with Crippen LogP contribution in [0.1, 0.15) is 85.9 Å². The number of aromatic nitrogens is 1. The van der Waals surface area contributed by atoms with Crippen LogP contribution in [0.5, 0.6) is 0 Å². The van der Waals surface area contributed by atoms with Crippen LogP contribution in [0.15, 0.2) is 152 Å². The Hall–Kier alpha value is -5.92. The Kier molecular flexibility index (Phi) is 9.24. The van der Waals surface area contributed by atoms with Gasteiger partial charge in [0.25, 0.3) is 0 Å². The van der Waals surface area contributed by atoms with E-state index in [1.165, 1.54) is 105 Å². The van der Waals surface area contributed by atoms with Gasteiger partial charge in [0.2, 0.25) is 0 Å². The van der Waals surface area contributed by atoms with Gasteiger partial charge in [-0.05, 0) is 142 Å². The summed E-state index contributed by atoms with van der Waals surface area (Å²) < 4.78 is 2.46. The van der Waals surface area contributed by atoms with Crippen LogP contribution in [0.3, 0.4) is 0 Å². The van der Waals surface area contributed by atoms with Gasteiger partial charge < -0.3 is 4.57 Å². The fourth-order valence-corrected chi connectivity index (χ4v) is 9.16. The summed E-state index contributed by atoms with van der Waals surface area (Å²) in [5.74, 6) is 0. The lowest BCUT2D eigenvalue weighted by Crippen LogP contribution is -2.11. The van der Waals surface area contributed by atoms with Gasteiger partial charge in [0, 0.05) is 28.4 Å². The molecule has 294 valence electrons. The maximum absolute atomic E-state index is 2.47. The van der Waals surface area contributed by atoms with Gasteiger partial charge >= 0.3 is 0 Å². The molecule has 1 nitrogen and oxygen atoms in total. The summed E-state index contributed by atoms with van der Waals surface area (Å²) in [6.07, 6.45) is 0. The fraction of sp³-hybridized carbons (Fsp3) is 0.241. The Morgan fingerprint density at radius 3 is 1.14 bits per heavy atom. The van der Waals surface area contributed by atoms with Crippen molar-refractivity contribution in [2.45, 2.75) is 92.0 Å². The molecule has 0 amide bonds. The number of nitrogens with zero attached hydrogens (tertiary/aromatic N) is 1. The van der Waals surface area contributed by atoms with Crippen molar-refractivity contribution < 1.29 is 0 Å². The topological polar surface area (TPSA) is 4.93 Å². The molecule has 0 saturated heterocycles. The average molecular weight is 768 g/mol. The minimum Gasteiger partial charge on any atom is -0.341 e. The largest absolute Gasteiger partial charge is 0.341 e. The molecule has 0 bridgehead atoms. The molecule has 0 N–H and O–H groups in total. The third-order valence-electron chi connectivity index (χ3n) is 12.7. The van der Waals surface area contributed by atoms with Crippen molar-refractivity contribution in [3.05, 3.63) is 168 Å². The zero-order valence-corrected chi connectivity index (χ0v) is 36.6. The molecule has 0 aliphatic heterocycles. The van der Waals surface area contributed by atoms with Crippen LogP contribution in [0.2, 0.25) is 0 Å². The molecule has 0 aliphatic rings. The second-order valence-corrected chi connectivity index (χ2v) is 19.7. The number of fused-ring (bicyclic) bond motifs is 5. The van der Waals surface area contributed by atoms with Gasteiger partial charge in [-0.1, -0.05) is 178 Å². The predicted octanol–water partition coefficient (Wildman–Crippen LogP) is 16.7. The highest BCUT2D eigenvalue weighted by molar-refractivity contribution is 6.22. The standard InChI is InChI=1S/C58H57N/c1-11-59-52-31-25-42(33-48(52)49-34-45(58(8,9)10)28-32-53(49)59)39-19-23-41(24-20-39)55-47-30-27-43(56(2,3)4)35-50(47)54(46-29-26-44(36-51(46)55)57(5,6)7)40-21-17-38(18-22-40)37-15-13-12-14-16-37/h12-36H,11H2,1-10H3. The summed E-state index contributed by atoms with van der Waals surface area (Å²) in [6, 6.07) is 57.8. The van der Waals surface area contributed by atoms with Gasteiger partial charge in [0.15, 0.2) is 0 Å². The first-order valence-electron chi connectivity index (χ1n) is 21.5. The molecule has 0 atom stereocenters. The Labute approximate surface area is 351 Å². The molecule has 0 aliphatic carbocycles. The summed E-state index contributed by atoms with van der Waals surface area (Å²) in [6.45, 7) is 24.0. The number of hydrogen-bond donors (Lipinski definition) is 0. The summed E-state index contributed by atoms with van der Waals surface area (Å²) in [7, 11) is 0. The lowest BCUT2D eigenvalue weighted by Gasteiger charge is -2.25. The van der Waals surface area contributed by atoms with Crippen LogP contribution >= 0.6 is 0 Å². The van der Waals surface area contributed by atoms with Gasteiger partial charge in [0.1, 0.15) is 0 Å². The molecule has 0 fully saturated rings. The molecule has 1 aromatic heterocycles. The Bertz CT molecular complexity index is 3030. The van der Waals surface area contributed by atoms with Crippen molar-refractivity contribution in [2.24, 2.45) is 0 Å². The van der Waals surface area contributed by atoms with Crippen LogP contribution in [0, 0.1) is 0 Å². The highest BCUT2D eigenvalue weighted by Gasteiger charge is 2.23. The maximum atomic E-state index is 2.47.